The molecule has 0 aliphatic carbocycles. The summed E-state index contributed by atoms with van der Waals surface area (Å²) in [6.07, 6.45) is 12.8. The Labute approximate surface area is 191 Å². The van der Waals surface area contributed by atoms with Gasteiger partial charge in [-0.1, -0.05) is 83.9 Å². The van der Waals surface area contributed by atoms with Crippen LogP contribution in [0.2, 0.25) is 0 Å². The summed E-state index contributed by atoms with van der Waals surface area (Å²) in [7, 11) is 1.77. The summed E-state index contributed by atoms with van der Waals surface area (Å²) < 4.78 is 5.80. The quantitative estimate of drug-likeness (QED) is 0.302. The average molecular weight is 425 g/mol. The third-order valence-corrected chi connectivity index (χ3v) is 6.27. The summed E-state index contributed by atoms with van der Waals surface area (Å²) in [4.78, 5) is 5.01. The first-order valence-electron chi connectivity index (χ1n) is 12.5. The minimum atomic E-state index is 0.814. The van der Waals surface area contributed by atoms with Gasteiger partial charge >= 0.3 is 0 Å². The molecule has 0 saturated carbocycles. The molecule has 0 aliphatic heterocycles. The Morgan fingerprint density at radius 2 is 1.48 bits per heavy atom. The molecule has 1 N–H and O–H groups in total. The fraction of sp³-hybridized carbons (Fsp3) is 0.607. The second kappa shape index (κ2) is 14.2. The summed E-state index contributed by atoms with van der Waals surface area (Å²) in [5.41, 5.74) is 7.27. The highest BCUT2D eigenvalue weighted by atomic mass is 16.5. The number of methoxy groups -OCH3 is 1. The van der Waals surface area contributed by atoms with Crippen molar-refractivity contribution in [1.29, 1.82) is 0 Å². The van der Waals surface area contributed by atoms with E-state index in [-0.39, 0.29) is 0 Å². The SMILES string of the molecule is CCCCCCCCCCNCc1c(OC)cc(-c2c(CC)cccc2CC)nc1C. The number of hydrogen-bond acceptors (Lipinski definition) is 3. The fourth-order valence-electron chi connectivity index (χ4n) is 4.36. The number of hydrogen-bond donors (Lipinski definition) is 1. The van der Waals surface area contributed by atoms with E-state index >= 15 is 0 Å². The maximum atomic E-state index is 5.80. The van der Waals surface area contributed by atoms with Crippen molar-refractivity contribution in [3.05, 3.63) is 46.6 Å². The second-order valence-corrected chi connectivity index (χ2v) is 8.58. The molecule has 3 nitrogen and oxygen atoms in total. The zero-order valence-electron chi connectivity index (χ0n) is 20.7. The first-order valence-corrected chi connectivity index (χ1v) is 12.5. The van der Waals surface area contributed by atoms with Gasteiger partial charge in [0.05, 0.1) is 12.8 Å². The van der Waals surface area contributed by atoms with Crippen LogP contribution in [0.4, 0.5) is 0 Å². The number of ether oxygens (including phenoxy) is 1. The Morgan fingerprint density at radius 1 is 0.871 bits per heavy atom. The molecule has 2 rings (SSSR count). The van der Waals surface area contributed by atoms with Gasteiger partial charge in [0.1, 0.15) is 5.75 Å². The lowest BCUT2D eigenvalue weighted by Crippen LogP contribution is -2.17. The number of aromatic nitrogens is 1. The van der Waals surface area contributed by atoms with E-state index in [4.69, 9.17) is 9.72 Å². The van der Waals surface area contributed by atoms with Crippen LogP contribution in [-0.2, 0) is 19.4 Å². The van der Waals surface area contributed by atoms with Crippen molar-refractivity contribution in [3.63, 3.8) is 0 Å². The zero-order valence-corrected chi connectivity index (χ0v) is 20.7. The molecule has 3 heteroatoms. The van der Waals surface area contributed by atoms with Crippen molar-refractivity contribution in [2.45, 2.75) is 98.4 Å². The van der Waals surface area contributed by atoms with Gasteiger partial charge in [0.2, 0.25) is 0 Å². The third kappa shape index (κ3) is 7.64. The number of aryl methyl sites for hydroxylation is 3. The highest BCUT2D eigenvalue weighted by Crippen LogP contribution is 2.32. The van der Waals surface area contributed by atoms with E-state index in [0.29, 0.717) is 0 Å². The number of benzene rings is 1. The van der Waals surface area contributed by atoms with Crippen molar-refractivity contribution >= 4 is 0 Å². The average Bonchev–Trinajstić information content (AvgIpc) is 2.80. The minimum absolute atomic E-state index is 0.814. The van der Waals surface area contributed by atoms with Gasteiger partial charge in [0.15, 0.2) is 0 Å². The molecule has 0 saturated heterocycles. The van der Waals surface area contributed by atoms with E-state index < -0.39 is 0 Å². The Kier molecular flexibility index (Phi) is 11.7. The summed E-state index contributed by atoms with van der Waals surface area (Å²) >= 11 is 0. The molecule has 0 radical (unpaired) electrons. The molecule has 1 heterocycles. The zero-order chi connectivity index (χ0) is 22.5. The van der Waals surface area contributed by atoms with Gasteiger partial charge in [-0.05, 0) is 43.9 Å². The Bertz CT molecular complexity index is 763. The summed E-state index contributed by atoms with van der Waals surface area (Å²) in [5, 5.41) is 3.61. The van der Waals surface area contributed by atoms with E-state index in [2.05, 4.69) is 57.3 Å². The number of pyridine rings is 1. The normalized spacial score (nSPS) is 11.1. The van der Waals surface area contributed by atoms with Crippen LogP contribution < -0.4 is 10.1 Å². The molecule has 172 valence electrons. The Hall–Kier alpha value is -1.87. The first kappa shape index (κ1) is 25.4. The molecule has 0 amide bonds. The van der Waals surface area contributed by atoms with Crippen molar-refractivity contribution < 1.29 is 4.74 Å². The maximum Gasteiger partial charge on any atom is 0.127 e. The molecular weight excluding hydrogens is 380 g/mol. The van der Waals surface area contributed by atoms with Crippen molar-refractivity contribution in [3.8, 4) is 17.0 Å². The van der Waals surface area contributed by atoms with Gasteiger partial charge in [-0.3, -0.25) is 4.98 Å². The van der Waals surface area contributed by atoms with Gasteiger partial charge in [0, 0.05) is 29.4 Å². The van der Waals surface area contributed by atoms with E-state index in [1.807, 2.05) is 0 Å². The highest BCUT2D eigenvalue weighted by molar-refractivity contribution is 5.70. The number of nitrogens with zero attached hydrogens (tertiary/aromatic N) is 1. The maximum absolute atomic E-state index is 5.80. The van der Waals surface area contributed by atoms with Crippen LogP contribution in [0, 0.1) is 6.92 Å². The van der Waals surface area contributed by atoms with E-state index in [0.717, 1.165) is 43.1 Å². The lowest BCUT2D eigenvalue weighted by atomic mass is 9.94. The van der Waals surface area contributed by atoms with Crippen molar-refractivity contribution in [2.75, 3.05) is 13.7 Å². The van der Waals surface area contributed by atoms with Gasteiger partial charge in [-0.25, -0.2) is 0 Å². The molecule has 0 fully saturated rings. The van der Waals surface area contributed by atoms with Crippen molar-refractivity contribution in [2.24, 2.45) is 0 Å². The van der Waals surface area contributed by atoms with Crippen LogP contribution in [0.3, 0.4) is 0 Å². The molecule has 1 aromatic heterocycles. The van der Waals surface area contributed by atoms with Crippen LogP contribution in [-0.4, -0.2) is 18.6 Å². The van der Waals surface area contributed by atoms with Gasteiger partial charge in [-0.15, -0.1) is 0 Å². The predicted molar refractivity (Wildman–Crippen MR) is 134 cm³/mol. The van der Waals surface area contributed by atoms with Gasteiger partial charge in [-0.2, -0.15) is 0 Å². The van der Waals surface area contributed by atoms with Gasteiger partial charge < -0.3 is 10.1 Å². The Balaban J connectivity index is 1.97. The lowest BCUT2D eigenvalue weighted by molar-refractivity contribution is 0.406. The molecule has 2 aromatic rings. The predicted octanol–water partition coefficient (Wildman–Crippen LogP) is 7.42. The molecule has 0 atom stereocenters. The van der Waals surface area contributed by atoms with E-state index in [1.54, 1.807) is 7.11 Å². The topological polar surface area (TPSA) is 34.1 Å². The third-order valence-electron chi connectivity index (χ3n) is 6.27. The van der Waals surface area contributed by atoms with Crippen LogP contribution in [0.1, 0.15) is 94.5 Å². The molecule has 0 spiro atoms. The number of nitrogens with one attached hydrogen (secondary N) is 1. The number of unbranched alkanes of at least 4 members (excludes halogenated alkanes) is 7. The molecule has 31 heavy (non-hydrogen) atoms. The second-order valence-electron chi connectivity index (χ2n) is 8.58. The largest absolute Gasteiger partial charge is 0.496 e. The summed E-state index contributed by atoms with van der Waals surface area (Å²) in [6.45, 7) is 10.7. The standard InChI is InChI=1S/C28H44N2O/c1-6-9-10-11-12-13-14-15-19-29-21-25-22(4)30-26(20-27(25)31-5)28-23(7-2)17-16-18-24(28)8-3/h16-18,20,29H,6-15,19,21H2,1-5H3. The molecule has 0 aliphatic rings. The van der Waals surface area contributed by atoms with E-state index in [9.17, 15) is 0 Å². The lowest BCUT2D eigenvalue weighted by Gasteiger charge is -2.17. The molecular formula is C28H44N2O. The van der Waals surface area contributed by atoms with Crippen LogP contribution in [0.15, 0.2) is 24.3 Å². The van der Waals surface area contributed by atoms with Crippen LogP contribution in [0.25, 0.3) is 11.3 Å². The fourth-order valence-corrected chi connectivity index (χ4v) is 4.36. The van der Waals surface area contributed by atoms with Gasteiger partial charge in [0.25, 0.3) is 0 Å². The Morgan fingerprint density at radius 3 is 2.06 bits per heavy atom. The summed E-state index contributed by atoms with van der Waals surface area (Å²) in [6, 6.07) is 8.73. The monoisotopic (exact) mass is 424 g/mol. The summed E-state index contributed by atoms with van der Waals surface area (Å²) in [5.74, 6) is 0.943. The first-order chi connectivity index (χ1) is 15.2. The molecule has 0 unspecified atom stereocenters. The van der Waals surface area contributed by atoms with E-state index in [1.165, 1.54) is 73.6 Å². The van der Waals surface area contributed by atoms with Crippen LogP contribution in [0.5, 0.6) is 5.75 Å². The van der Waals surface area contributed by atoms with Crippen molar-refractivity contribution in [1.82, 2.24) is 10.3 Å². The van der Waals surface area contributed by atoms with Crippen LogP contribution >= 0.6 is 0 Å². The molecule has 1 aromatic carbocycles. The number of rotatable bonds is 15. The minimum Gasteiger partial charge on any atom is -0.496 e. The molecule has 0 bridgehead atoms. The highest BCUT2D eigenvalue weighted by Gasteiger charge is 2.15. The smallest absolute Gasteiger partial charge is 0.127 e.